The Morgan fingerprint density at radius 2 is 0.867 bits per heavy atom. The molecule has 7 N–H and O–H groups in total. The summed E-state index contributed by atoms with van der Waals surface area (Å²) < 4.78 is 31.1. The predicted molar refractivity (Wildman–Crippen MR) is 40.5 cm³/mol. The van der Waals surface area contributed by atoms with E-state index in [9.17, 15) is 9.13 Å². The van der Waals surface area contributed by atoms with E-state index in [0.717, 1.165) is 0 Å². The third-order valence-electron chi connectivity index (χ3n) is 0.213. The molecule has 0 aromatic rings. The molecular weight excluding hydrogens is 276 g/mol. The third-order valence-corrected chi connectivity index (χ3v) is 1.91. The Kier molecular flexibility index (Phi) is 10.4. The molecule has 0 aliphatic heterocycles. The quantitative estimate of drug-likeness (QED) is 0.190. The summed E-state index contributed by atoms with van der Waals surface area (Å²) in [7, 11) is -14.7. The molecule has 0 rings (SSSR count). The maximum atomic E-state index is 9.63. The van der Waals surface area contributed by atoms with Gasteiger partial charge in [0.05, 0.1) is 0 Å². The molecule has 0 spiro atoms. The molecule has 11 nitrogen and oxygen atoms in total. The summed E-state index contributed by atoms with van der Waals surface area (Å²) in [4.78, 5) is 52.6. The van der Waals surface area contributed by atoms with Crippen molar-refractivity contribution in [3.8, 4) is 0 Å². The van der Waals surface area contributed by atoms with Crippen LogP contribution in [0, 0.1) is 0 Å². The summed E-state index contributed by atoms with van der Waals surface area (Å²) in [5.74, 6) is 0. The maximum Gasteiger partial charge on any atom is 1.00 e. The molecule has 0 bridgehead atoms. The van der Waals surface area contributed by atoms with Crippen molar-refractivity contribution in [3.05, 3.63) is 0 Å². The summed E-state index contributed by atoms with van der Waals surface area (Å²) in [6.07, 6.45) is 0. The Labute approximate surface area is 96.5 Å². The van der Waals surface area contributed by atoms with Crippen LogP contribution in [0.3, 0.4) is 0 Å². The van der Waals surface area contributed by atoms with Crippen molar-refractivity contribution in [2.24, 2.45) is 0 Å². The standard InChI is InChI=1S/Li.H4O7P2.H3O4P.H/c;1-8(2,3)7-9(4,5)6;1-5(2,3)4;/h;(H2,1,2,3)(H2,4,5,6);(H3,1,2,3,4);/q+1;;;-1. The number of hydrogen-bond donors (Lipinski definition) is 7. The van der Waals surface area contributed by atoms with Crippen LogP contribution in [-0.2, 0) is 18.0 Å². The summed E-state index contributed by atoms with van der Waals surface area (Å²) >= 11 is 0. The van der Waals surface area contributed by atoms with E-state index < -0.39 is 23.5 Å². The normalized spacial score (nSPS) is 12.2. The second-order valence-electron chi connectivity index (χ2n) is 1.58. The summed E-state index contributed by atoms with van der Waals surface area (Å²) in [6, 6.07) is 0. The smallest absolute Gasteiger partial charge is 1.00 e. The van der Waals surface area contributed by atoms with Crippen molar-refractivity contribution >= 4 is 23.5 Å². The Hall–Kier alpha value is 0.967. The molecule has 0 radical (unpaired) electrons. The first kappa shape index (κ1) is 21.3. The molecule has 0 aliphatic carbocycles. The zero-order chi connectivity index (χ0) is 12.2. The minimum Gasteiger partial charge on any atom is -1.00 e. The van der Waals surface area contributed by atoms with Crippen molar-refractivity contribution in [1.82, 2.24) is 0 Å². The van der Waals surface area contributed by atoms with E-state index in [-0.39, 0.29) is 20.3 Å². The van der Waals surface area contributed by atoms with Crippen molar-refractivity contribution in [2.45, 2.75) is 0 Å². The summed E-state index contributed by atoms with van der Waals surface area (Å²) in [5, 5.41) is 0. The van der Waals surface area contributed by atoms with Crippen molar-refractivity contribution in [2.75, 3.05) is 0 Å². The van der Waals surface area contributed by atoms with Crippen LogP contribution in [0.25, 0.3) is 0 Å². The van der Waals surface area contributed by atoms with Gasteiger partial charge in [-0.25, -0.2) is 13.7 Å². The Morgan fingerprint density at radius 3 is 0.867 bits per heavy atom. The van der Waals surface area contributed by atoms with Crippen LogP contribution in [0.5, 0.6) is 0 Å². The number of phosphoric acid groups is 3. The zero-order valence-electron chi connectivity index (χ0n) is 8.11. The molecule has 0 unspecified atom stereocenters. The largest absolute Gasteiger partial charge is 1.00 e. The van der Waals surface area contributed by atoms with Gasteiger partial charge in [0.1, 0.15) is 0 Å². The maximum absolute atomic E-state index is 9.63. The van der Waals surface area contributed by atoms with Crippen LogP contribution in [0.4, 0.5) is 0 Å². The fourth-order valence-electron chi connectivity index (χ4n) is 0.139. The van der Waals surface area contributed by atoms with Gasteiger partial charge in [-0.1, -0.05) is 0 Å². The summed E-state index contributed by atoms with van der Waals surface area (Å²) in [5.41, 5.74) is 0. The average molecular weight is 284 g/mol. The van der Waals surface area contributed by atoms with E-state index in [2.05, 4.69) is 4.31 Å². The van der Waals surface area contributed by atoms with Crippen molar-refractivity contribution in [3.63, 3.8) is 0 Å². The van der Waals surface area contributed by atoms with E-state index >= 15 is 0 Å². The van der Waals surface area contributed by atoms with E-state index in [1.807, 2.05) is 0 Å². The fourth-order valence-corrected chi connectivity index (χ4v) is 1.25. The van der Waals surface area contributed by atoms with Crippen molar-refractivity contribution in [1.29, 1.82) is 0 Å². The van der Waals surface area contributed by atoms with Crippen LogP contribution in [-0.4, -0.2) is 34.3 Å². The molecule has 90 valence electrons. The van der Waals surface area contributed by atoms with Crippen LogP contribution < -0.4 is 18.9 Å². The SMILES string of the molecule is O=P(O)(O)O.O=P(O)(O)OP(=O)(O)O.[H-].[Li+]. The van der Waals surface area contributed by atoms with Crippen LogP contribution in [0.2, 0.25) is 0 Å². The van der Waals surface area contributed by atoms with E-state index in [0.29, 0.717) is 0 Å². The molecule has 0 saturated carbocycles. The molecule has 0 fully saturated rings. The van der Waals surface area contributed by atoms with Gasteiger partial charge in [0.15, 0.2) is 0 Å². The minimum atomic E-state index is -5.05. The van der Waals surface area contributed by atoms with Gasteiger partial charge < -0.3 is 35.7 Å². The molecule has 0 atom stereocenters. The molecule has 0 saturated heterocycles. The topological polar surface area (TPSA) is 202 Å². The van der Waals surface area contributed by atoms with Gasteiger partial charge in [0, 0.05) is 0 Å². The predicted octanol–water partition coefficient (Wildman–Crippen LogP) is -4.62. The van der Waals surface area contributed by atoms with Crippen LogP contribution in [0.1, 0.15) is 1.43 Å². The Morgan fingerprint density at radius 1 is 0.733 bits per heavy atom. The van der Waals surface area contributed by atoms with Gasteiger partial charge in [-0.3, -0.25) is 0 Å². The molecule has 15 heavy (non-hydrogen) atoms. The van der Waals surface area contributed by atoms with Crippen molar-refractivity contribution < 1.29 is 72.5 Å². The third kappa shape index (κ3) is 51.8. The summed E-state index contributed by atoms with van der Waals surface area (Å²) in [6.45, 7) is 0. The fraction of sp³-hybridized carbons (Fsp3) is 0. The number of rotatable bonds is 2. The molecular formula is H8LiO11P3. The Balaban J connectivity index is -0.0000000904. The van der Waals surface area contributed by atoms with E-state index in [4.69, 9.17) is 38.8 Å². The number of hydrogen-bond acceptors (Lipinski definition) is 4. The minimum absolute atomic E-state index is 0. The van der Waals surface area contributed by atoms with Crippen LogP contribution >= 0.6 is 23.5 Å². The molecule has 0 aliphatic rings. The molecule has 15 heteroatoms. The molecule has 0 amide bonds. The van der Waals surface area contributed by atoms with E-state index in [1.54, 1.807) is 0 Å². The van der Waals surface area contributed by atoms with Gasteiger partial charge in [-0.05, 0) is 0 Å². The first-order valence-electron chi connectivity index (χ1n) is 2.31. The first-order valence-corrected chi connectivity index (χ1v) is 6.94. The second kappa shape index (κ2) is 7.32. The van der Waals surface area contributed by atoms with Crippen LogP contribution in [0.15, 0.2) is 0 Å². The zero-order valence-corrected chi connectivity index (χ0v) is 9.79. The molecule has 0 heterocycles. The molecule has 0 aromatic carbocycles. The molecule has 0 aromatic heterocycles. The first-order chi connectivity index (χ1) is 5.71. The van der Waals surface area contributed by atoms with Gasteiger partial charge in [0.25, 0.3) is 0 Å². The van der Waals surface area contributed by atoms with Gasteiger partial charge >= 0.3 is 42.3 Å². The van der Waals surface area contributed by atoms with E-state index in [1.165, 1.54) is 0 Å². The Bertz CT molecular complexity index is 264. The monoisotopic (exact) mass is 284 g/mol. The van der Waals surface area contributed by atoms with Gasteiger partial charge in [-0.15, -0.1) is 0 Å². The van der Waals surface area contributed by atoms with Gasteiger partial charge in [-0.2, -0.15) is 4.31 Å². The average Bonchev–Trinajstić information content (AvgIpc) is 1.42. The van der Waals surface area contributed by atoms with Gasteiger partial charge in [0.2, 0.25) is 0 Å². The second-order valence-corrected chi connectivity index (χ2v) is 5.22.